The van der Waals surface area contributed by atoms with E-state index in [-0.39, 0.29) is 18.3 Å². The highest BCUT2D eigenvalue weighted by molar-refractivity contribution is 5.40. The summed E-state index contributed by atoms with van der Waals surface area (Å²) in [6.07, 6.45) is 0. The van der Waals surface area contributed by atoms with Crippen molar-refractivity contribution < 1.29 is 9.31 Å². The number of nitro benzene ring substituents is 1. The van der Waals surface area contributed by atoms with E-state index in [1.807, 2.05) is 38.1 Å². The molecule has 0 bridgehead atoms. The molecule has 0 aliphatic heterocycles. The summed E-state index contributed by atoms with van der Waals surface area (Å²) in [5.74, 6) is -0.471. The molecule has 0 saturated heterocycles. The van der Waals surface area contributed by atoms with Crippen LogP contribution >= 0.6 is 0 Å². The van der Waals surface area contributed by atoms with Gasteiger partial charge in [-0.3, -0.25) is 10.1 Å². The van der Waals surface area contributed by atoms with Gasteiger partial charge in [-0.2, -0.15) is 0 Å². The second kappa shape index (κ2) is 6.45. The molecule has 0 aliphatic rings. The van der Waals surface area contributed by atoms with Crippen LogP contribution in [-0.2, 0) is 6.54 Å². The SMILES string of the molecule is Cc1ccccc1[C@@H](C)NCc1cc(F)ccc1[N+](=O)[O-]. The molecule has 2 rings (SSSR count). The Labute approximate surface area is 122 Å². The summed E-state index contributed by atoms with van der Waals surface area (Å²) < 4.78 is 13.3. The summed E-state index contributed by atoms with van der Waals surface area (Å²) >= 11 is 0. The summed E-state index contributed by atoms with van der Waals surface area (Å²) in [5.41, 5.74) is 2.55. The minimum atomic E-state index is -0.491. The predicted octanol–water partition coefficient (Wildman–Crippen LogP) is 3.89. The molecule has 0 spiro atoms. The molecule has 0 aromatic heterocycles. The van der Waals surface area contributed by atoms with Crippen molar-refractivity contribution in [1.29, 1.82) is 0 Å². The molecule has 0 unspecified atom stereocenters. The number of nitro groups is 1. The zero-order valence-corrected chi connectivity index (χ0v) is 12.0. The number of hydrogen-bond donors (Lipinski definition) is 1. The molecule has 2 aromatic carbocycles. The molecule has 5 heteroatoms. The molecule has 0 amide bonds. The Bertz CT molecular complexity index is 658. The lowest BCUT2D eigenvalue weighted by atomic mass is 10.0. The molecular formula is C16H17FN2O2. The van der Waals surface area contributed by atoms with E-state index in [0.29, 0.717) is 5.56 Å². The van der Waals surface area contributed by atoms with Gasteiger partial charge >= 0.3 is 0 Å². The Balaban J connectivity index is 2.15. The minimum absolute atomic E-state index is 0.0223. The quantitative estimate of drug-likeness (QED) is 0.670. The average Bonchev–Trinajstić information content (AvgIpc) is 2.45. The van der Waals surface area contributed by atoms with E-state index in [9.17, 15) is 14.5 Å². The van der Waals surface area contributed by atoms with E-state index >= 15 is 0 Å². The lowest BCUT2D eigenvalue weighted by molar-refractivity contribution is -0.385. The fourth-order valence-electron chi connectivity index (χ4n) is 2.32. The van der Waals surface area contributed by atoms with E-state index in [0.717, 1.165) is 17.2 Å². The van der Waals surface area contributed by atoms with Gasteiger partial charge in [0.05, 0.1) is 4.92 Å². The zero-order valence-electron chi connectivity index (χ0n) is 12.0. The summed E-state index contributed by atoms with van der Waals surface area (Å²) in [6, 6.07) is 11.5. The summed E-state index contributed by atoms with van der Waals surface area (Å²) in [6.45, 7) is 4.23. The van der Waals surface area contributed by atoms with Gasteiger partial charge in [-0.05, 0) is 37.1 Å². The molecule has 21 heavy (non-hydrogen) atoms. The maximum atomic E-state index is 13.3. The first-order chi connectivity index (χ1) is 9.99. The Morgan fingerprint density at radius 1 is 1.29 bits per heavy atom. The van der Waals surface area contributed by atoms with E-state index < -0.39 is 10.7 Å². The van der Waals surface area contributed by atoms with Crippen LogP contribution in [0, 0.1) is 22.9 Å². The Kier molecular flexibility index (Phi) is 4.65. The van der Waals surface area contributed by atoms with E-state index in [1.165, 1.54) is 12.1 Å². The second-order valence-corrected chi connectivity index (χ2v) is 4.99. The third-order valence-electron chi connectivity index (χ3n) is 3.49. The minimum Gasteiger partial charge on any atom is -0.306 e. The van der Waals surface area contributed by atoms with Gasteiger partial charge in [0, 0.05) is 24.2 Å². The van der Waals surface area contributed by atoms with Gasteiger partial charge in [0.1, 0.15) is 5.82 Å². The highest BCUT2D eigenvalue weighted by Gasteiger charge is 2.15. The van der Waals surface area contributed by atoms with E-state index in [1.54, 1.807) is 0 Å². The molecule has 1 N–H and O–H groups in total. The standard InChI is InChI=1S/C16H17FN2O2/c1-11-5-3-4-6-15(11)12(2)18-10-13-9-14(17)7-8-16(13)19(20)21/h3-9,12,18H,10H2,1-2H3/t12-/m1/s1. The van der Waals surface area contributed by atoms with Gasteiger partial charge in [-0.1, -0.05) is 24.3 Å². The van der Waals surface area contributed by atoms with Gasteiger partial charge < -0.3 is 5.32 Å². The summed E-state index contributed by atoms with van der Waals surface area (Å²) in [4.78, 5) is 10.5. The van der Waals surface area contributed by atoms with Crippen molar-refractivity contribution in [3.05, 3.63) is 75.1 Å². The summed E-state index contributed by atoms with van der Waals surface area (Å²) in [5, 5.41) is 14.2. The van der Waals surface area contributed by atoms with Crippen molar-refractivity contribution in [3.63, 3.8) is 0 Å². The van der Waals surface area contributed by atoms with Crippen molar-refractivity contribution in [2.45, 2.75) is 26.4 Å². The number of benzene rings is 2. The van der Waals surface area contributed by atoms with Gasteiger partial charge in [-0.25, -0.2) is 4.39 Å². The van der Waals surface area contributed by atoms with Gasteiger partial charge in [-0.15, -0.1) is 0 Å². The molecule has 0 heterocycles. The largest absolute Gasteiger partial charge is 0.306 e. The maximum absolute atomic E-state index is 13.3. The van der Waals surface area contributed by atoms with Crippen LogP contribution in [0.2, 0.25) is 0 Å². The number of nitrogens with one attached hydrogen (secondary N) is 1. The topological polar surface area (TPSA) is 55.2 Å². The Hall–Kier alpha value is -2.27. The van der Waals surface area contributed by atoms with Crippen molar-refractivity contribution in [2.24, 2.45) is 0 Å². The van der Waals surface area contributed by atoms with Crippen LogP contribution in [0.25, 0.3) is 0 Å². The highest BCUT2D eigenvalue weighted by atomic mass is 19.1. The van der Waals surface area contributed by atoms with Crippen molar-refractivity contribution >= 4 is 5.69 Å². The zero-order chi connectivity index (χ0) is 15.4. The number of aryl methyl sites for hydroxylation is 1. The molecule has 2 aromatic rings. The second-order valence-electron chi connectivity index (χ2n) is 4.99. The van der Waals surface area contributed by atoms with Crippen molar-refractivity contribution in [1.82, 2.24) is 5.32 Å². The van der Waals surface area contributed by atoms with Gasteiger partial charge in [0.15, 0.2) is 0 Å². The number of halogens is 1. The lowest BCUT2D eigenvalue weighted by Gasteiger charge is -2.16. The van der Waals surface area contributed by atoms with E-state index in [2.05, 4.69) is 5.32 Å². The lowest BCUT2D eigenvalue weighted by Crippen LogP contribution is -2.19. The number of rotatable bonds is 5. The van der Waals surface area contributed by atoms with Crippen molar-refractivity contribution in [3.8, 4) is 0 Å². The van der Waals surface area contributed by atoms with Crippen LogP contribution in [0.15, 0.2) is 42.5 Å². The van der Waals surface area contributed by atoms with Gasteiger partial charge in [0.2, 0.25) is 0 Å². The van der Waals surface area contributed by atoms with Crippen LogP contribution in [0.3, 0.4) is 0 Å². The molecule has 1 atom stereocenters. The molecule has 0 radical (unpaired) electrons. The maximum Gasteiger partial charge on any atom is 0.274 e. The first-order valence-corrected chi connectivity index (χ1v) is 6.70. The molecule has 4 nitrogen and oxygen atoms in total. The fourth-order valence-corrected chi connectivity index (χ4v) is 2.32. The third-order valence-corrected chi connectivity index (χ3v) is 3.49. The highest BCUT2D eigenvalue weighted by Crippen LogP contribution is 2.22. The Morgan fingerprint density at radius 3 is 2.67 bits per heavy atom. The predicted molar refractivity (Wildman–Crippen MR) is 79.5 cm³/mol. The van der Waals surface area contributed by atoms with Crippen LogP contribution in [-0.4, -0.2) is 4.92 Å². The normalized spacial score (nSPS) is 12.1. The van der Waals surface area contributed by atoms with Crippen LogP contribution < -0.4 is 5.32 Å². The molecule has 0 saturated carbocycles. The smallest absolute Gasteiger partial charge is 0.274 e. The first-order valence-electron chi connectivity index (χ1n) is 6.70. The monoisotopic (exact) mass is 288 g/mol. The number of hydrogen-bond acceptors (Lipinski definition) is 3. The van der Waals surface area contributed by atoms with E-state index in [4.69, 9.17) is 0 Å². The van der Waals surface area contributed by atoms with Gasteiger partial charge in [0.25, 0.3) is 5.69 Å². The first kappa shape index (κ1) is 15.1. The molecular weight excluding hydrogens is 271 g/mol. The molecule has 0 aliphatic carbocycles. The summed E-state index contributed by atoms with van der Waals surface area (Å²) in [7, 11) is 0. The number of nitrogens with zero attached hydrogens (tertiary/aromatic N) is 1. The van der Waals surface area contributed by atoms with Crippen LogP contribution in [0.4, 0.5) is 10.1 Å². The molecule has 0 fully saturated rings. The fraction of sp³-hybridized carbons (Fsp3) is 0.250. The Morgan fingerprint density at radius 2 is 2.00 bits per heavy atom. The van der Waals surface area contributed by atoms with Crippen LogP contribution in [0.5, 0.6) is 0 Å². The molecule has 110 valence electrons. The average molecular weight is 288 g/mol. The van der Waals surface area contributed by atoms with Crippen molar-refractivity contribution in [2.75, 3.05) is 0 Å². The third kappa shape index (κ3) is 3.64. The van der Waals surface area contributed by atoms with Crippen LogP contribution in [0.1, 0.15) is 29.7 Å².